The first-order chi connectivity index (χ1) is 12.8. The third-order valence-electron chi connectivity index (χ3n) is 5.27. The number of hydrogen-bond acceptors (Lipinski definition) is 6. The minimum Gasteiger partial charge on any atom is -0.449 e. The lowest BCUT2D eigenvalue weighted by Gasteiger charge is -2.23. The Balaban J connectivity index is 1.96. The zero-order chi connectivity index (χ0) is 19.5. The van der Waals surface area contributed by atoms with Crippen molar-refractivity contribution in [3.05, 3.63) is 39.6 Å². The lowest BCUT2D eigenvalue weighted by molar-refractivity contribution is 0.143. The topological polar surface area (TPSA) is 118 Å². The van der Waals surface area contributed by atoms with E-state index in [1.54, 1.807) is 11.8 Å². The van der Waals surface area contributed by atoms with Gasteiger partial charge in [-0.15, -0.1) is 0 Å². The summed E-state index contributed by atoms with van der Waals surface area (Å²) >= 11 is 0. The molecular formula is C18H20FN3O5. The largest absolute Gasteiger partial charge is 0.511 e. The maximum Gasteiger partial charge on any atom is 0.511 e. The zero-order valence-electron chi connectivity index (χ0n) is 14.7. The van der Waals surface area contributed by atoms with E-state index in [1.165, 1.54) is 6.07 Å². The molecule has 1 saturated carbocycles. The number of β-amino-alcohol motifs (C(OH)–C–C–N with tert-alkyl or cyclic N) is 1. The van der Waals surface area contributed by atoms with E-state index in [9.17, 15) is 19.1 Å². The Kier molecular flexibility index (Phi) is 4.08. The number of nitrogens with zero attached hydrogens (tertiary/aromatic N) is 2. The number of fused-ring (bicyclic) bond motifs is 1. The van der Waals surface area contributed by atoms with Crippen LogP contribution in [0.3, 0.4) is 0 Å². The molecule has 0 spiro atoms. The van der Waals surface area contributed by atoms with Gasteiger partial charge >= 0.3 is 6.16 Å². The molecule has 27 heavy (non-hydrogen) atoms. The number of hydrogen-bond donors (Lipinski definition) is 3. The molecule has 1 saturated heterocycles. The van der Waals surface area contributed by atoms with Crippen molar-refractivity contribution in [3.8, 4) is 5.75 Å². The highest BCUT2D eigenvalue weighted by molar-refractivity contribution is 5.74. The van der Waals surface area contributed by atoms with Gasteiger partial charge in [-0.05, 0) is 42.9 Å². The first-order valence-electron chi connectivity index (χ1n) is 8.75. The zero-order valence-corrected chi connectivity index (χ0v) is 14.7. The van der Waals surface area contributed by atoms with Gasteiger partial charge in [-0.2, -0.15) is 0 Å². The number of rotatable bonds is 3. The Labute approximate surface area is 153 Å². The van der Waals surface area contributed by atoms with Crippen LogP contribution in [0.25, 0.3) is 5.52 Å². The van der Waals surface area contributed by atoms with Crippen molar-refractivity contribution in [2.24, 2.45) is 5.73 Å². The Morgan fingerprint density at radius 1 is 1.37 bits per heavy atom. The highest BCUT2D eigenvalue weighted by Gasteiger charge is 2.34. The molecule has 2 aromatic rings. The summed E-state index contributed by atoms with van der Waals surface area (Å²) in [6, 6.07) is 0.972. The second kappa shape index (κ2) is 6.21. The van der Waals surface area contributed by atoms with E-state index >= 15 is 0 Å². The predicted octanol–water partition coefficient (Wildman–Crippen LogP) is 1.19. The van der Waals surface area contributed by atoms with Gasteiger partial charge in [0.05, 0.1) is 23.5 Å². The van der Waals surface area contributed by atoms with Crippen LogP contribution in [0.5, 0.6) is 5.75 Å². The molecule has 2 unspecified atom stereocenters. The predicted molar refractivity (Wildman–Crippen MR) is 95.2 cm³/mol. The maximum atomic E-state index is 14.9. The van der Waals surface area contributed by atoms with Crippen molar-refractivity contribution in [2.45, 2.75) is 37.8 Å². The molecule has 144 valence electrons. The number of nitrogens with two attached hydrogens (primary N) is 1. The van der Waals surface area contributed by atoms with Gasteiger partial charge in [-0.1, -0.05) is 0 Å². The number of carboxylic acid groups (broad SMARTS) is 1. The summed E-state index contributed by atoms with van der Waals surface area (Å²) in [6.07, 6.45) is 0.510. The average molecular weight is 377 g/mol. The van der Waals surface area contributed by atoms with Crippen LogP contribution in [-0.4, -0.2) is 46.0 Å². The van der Waals surface area contributed by atoms with Crippen LogP contribution in [0.15, 0.2) is 17.1 Å². The van der Waals surface area contributed by atoms with E-state index in [-0.39, 0.29) is 18.2 Å². The fourth-order valence-corrected chi connectivity index (χ4v) is 3.87. The van der Waals surface area contributed by atoms with Crippen molar-refractivity contribution in [1.29, 1.82) is 0 Å². The maximum absolute atomic E-state index is 14.9. The van der Waals surface area contributed by atoms with Crippen LogP contribution >= 0.6 is 0 Å². The van der Waals surface area contributed by atoms with E-state index in [1.807, 2.05) is 0 Å². The molecule has 2 atom stereocenters. The van der Waals surface area contributed by atoms with E-state index in [2.05, 4.69) is 4.74 Å². The molecule has 1 aliphatic heterocycles. The molecule has 1 aliphatic carbocycles. The van der Waals surface area contributed by atoms with E-state index in [0.29, 0.717) is 23.3 Å². The molecule has 2 aromatic heterocycles. The minimum absolute atomic E-state index is 0.167. The second-order valence-corrected chi connectivity index (χ2v) is 7.22. The SMILES string of the molecule is Cc1c(N2CC(N)C(O)C2)c(F)cn2c(=O)c(OC(=O)O)cc(C3CC3)c12. The number of halogens is 1. The van der Waals surface area contributed by atoms with Gasteiger partial charge in [0.15, 0.2) is 11.6 Å². The van der Waals surface area contributed by atoms with Gasteiger partial charge in [-0.3, -0.25) is 9.20 Å². The first-order valence-corrected chi connectivity index (χ1v) is 8.75. The van der Waals surface area contributed by atoms with Crippen molar-refractivity contribution < 1.29 is 24.1 Å². The summed E-state index contributed by atoms with van der Waals surface area (Å²) < 4.78 is 20.7. The Hall–Kier alpha value is -2.65. The molecule has 0 radical (unpaired) electrons. The number of aliphatic hydroxyl groups is 1. The number of pyridine rings is 2. The van der Waals surface area contributed by atoms with Gasteiger partial charge in [-0.25, -0.2) is 9.18 Å². The van der Waals surface area contributed by atoms with Crippen LogP contribution in [0, 0.1) is 12.7 Å². The standard InChI is InChI=1S/C18H20FN3O5/c1-8-15-10(9-2-3-9)4-14(27-18(25)26)17(24)22(15)5-11(19)16(8)21-6-12(20)13(23)7-21/h4-5,9,12-13,23H,2-3,6-7,20H2,1H3,(H,25,26). The molecule has 4 N–H and O–H groups in total. The molecule has 4 rings (SSSR count). The normalized spacial score (nSPS) is 22.4. The number of aryl methyl sites for hydroxylation is 1. The van der Waals surface area contributed by atoms with Crippen molar-refractivity contribution in [1.82, 2.24) is 4.40 Å². The van der Waals surface area contributed by atoms with E-state index < -0.39 is 29.7 Å². The van der Waals surface area contributed by atoms with E-state index in [0.717, 1.165) is 29.0 Å². The molecular weight excluding hydrogens is 357 g/mol. The Morgan fingerprint density at radius 3 is 2.63 bits per heavy atom. The van der Waals surface area contributed by atoms with Crippen LogP contribution in [0.4, 0.5) is 14.9 Å². The molecule has 0 bridgehead atoms. The molecule has 3 heterocycles. The summed E-state index contributed by atoms with van der Waals surface area (Å²) in [5.74, 6) is -0.815. The molecule has 0 amide bonds. The highest BCUT2D eigenvalue weighted by Crippen LogP contribution is 2.44. The van der Waals surface area contributed by atoms with Gasteiger partial charge in [0.25, 0.3) is 5.56 Å². The Morgan fingerprint density at radius 2 is 2.07 bits per heavy atom. The second-order valence-electron chi connectivity index (χ2n) is 7.22. The number of aliphatic hydroxyl groups excluding tert-OH is 1. The molecule has 2 fully saturated rings. The third kappa shape index (κ3) is 2.92. The quantitative estimate of drug-likeness (QED) is 0.688. The van der Waals surface area contributed by atoms with Crippen molar-refractivity contribution >= 4 is 17.4 Å². The lowest BCUT2D eigenvalue weighted by atomic mass is 10.0. The monoisotopic (exact) mass is 377 g/mol. The van der Waals surface area contributed by atoms with Crippen LogP contribution in [-0.2, 0) is 0 Å². The fraction of sp³-hybridized carbons (Fsp3) is 0.444. The van der Waals surface area contributed by atoms with E-state index in [4.69, 9.17) is 10.8 Å². The van der Waals surface area contributed by atoms with Crippen LogP contribution in [0.1, 0.15) is 29.9 Å². The average Bonchev–Trinajstić information content (AvgIpc) is 3.36. The summed E-state index contributed by atoms with van der Waals surface area (Å²) in [7, 11) is 0. The van der Waals surface area contributed by atoms with Gasteiger partial charge in [0, 0.05) is 19.1 Å². The molecule has 2 aliphatic rings. The van der Waals surface area contributed by atoms with Crippen molar-refractivity contribution in [3.63, 3.8) is 0 Å². The minimum atomic E-state index is -1.59. The summed E-state index contributed by atoms with van der Waals surface area (Å²) in [5, 5.41) is 18.8. The summed E-state index contributed by atoms with van der Waals surface area (Å²) in [5.41, 5.74) is 7.28. The molecule has 8 nitrogen and oxygen atoms in total. The van der Waals surface area contributed by atoms with Crippen LogP contribution < -0.4 is 20.9 Å². The van der Waals surface area contributed by atoms with Crippen LogP contribution in [0.2, 0.25) is 0 Å². The lowest BCUT2D eigenvalue weighted by Crippen LogP contribution is -2.32. The van der Waals surface area contributed by atoms with Gasteiger partial charge in [0.2, 0.25) is 0 Å². The molecule has 0 aromatic carbocycles. The summed E-state index contributed by atoms with van der Waals surface area (Å²) in [4.78, 5) is 25.2. The number of anilines is 1. The smallest absolute Gasteiger partial charge is 0.449 e. The van der Waals surface area contributed by atoms with Gasteiger partial charge in [0.1, 0.15) is 0 Å². The number of ether oxygens (including phenoxy) is 1. The number of aromatic nitrogens is 1. The first kappa shape index (κ1) is 17.7. The Bertz CT molecular complexity index is 991. The summed E-state index contributed by atoms with van der Waals surface area (Å²) in [6.45, 7) is 2.23. The van der Waals surface area contributed by atoms with Crippen molar-refractivity contribution in [2.75, 3.05) is 18.0 Å². The number of carbonyl (C=O) groups is 1. The van der Waals surface area contributed by atoms with Gasteiger partial charge < -0.3 is 25.6 Å². The fourth-order valence-electron chi connectivity index (χ4n) is 3.87. The highest BCUT2D eigenvalue weighted by atomic mass is 19.1. The molecule has 9 heteroatoms. The third-order valence-corrected chi connectivity index (χ3v) is 5.27.